The van der Waals surface area contributed by atoms with Gasteiger partial charge in [0.15, 0.2) is 6.29 Å². The smallest absolute Gasteiger partial charge is 0.185 e. The minimum atomic E-state index is -0.166. The van der Waals surface area contributed by atoms with Gasteiger partial charge in [-0.25, -0.2) is 0 Å². The molecule has 2 aliphatic rings. The normalized spacial score (nSPS) is 29.1. The third-order valence-electron chi connectivity index (χ3n) is 2.88. The Bertz CT molecular complexity index is 409. The first kappa shape index (κ1) is 8.21. The van der Waals surface area contributed by atoms with Crippen molar-refractivity contribution >= 4 is 5.57 Å². The van der Waals surface area contributed by atoms with Crippen LogP contribution in [0.25, 0.3) is 5.57 Å². The van der Waals surface area contributed by atoms with Crippen molar-refractivity contribution in [3.05, 3.63) is 41.5 Å². The van der Waals surface area contributed by atoms with Crippen LogP contribution in [0.2, 0.25) is 0 Å². The van der Waals surface area contributed by atoms with Crippen molar-refractivity contribution in [2.24, 2.45) is 0 Å². The number of ether oxygens (including phenoxy) is 2. The predicted molar refractivity (Wildman–Crippen MR) is 53.8 cm³/mol. The molecule has 2 bridgehead atoms. The summed E-state index contributed by atoms with van der Waals surface area (Å²) in [5.41, 5.74) is 4.64. The van der Waals surface area contributed by atoms with E-state index in [4.69, 9.17) is 9.47 Å². The summed E-state index contributed by atoms with van der Waals surface area (Å²) in [6, 6.07) is 6.31. The molecule has 3 rings (SSSR count). The molecule has 0 saturated carbocycles. The molecule has 2 atom stereocenters. The van der Waals surface area contributed by atoms with Crippen LogP contribution in [0.5, 0.6) is 0 Å². The second-order valence-corrected chi connectivity index (χ2v) is 3.91. The van der Waals surface area contributed by atoms with E-state index in [1.54, 1.807) is 0 Å². The summed E-state index contributed by atoms with van der Waals surface area (Å²) >= 11 is 0. The van der Waals surface area contributed by atoms with E-state index in [0.717, 1.165) is 11.1 Å². The van der Waals surface area contributed by atoms with Crippen LogP contribution in [0, 0.1) is 6.92 Å². The minimum Gasteiger partial charge on any atom is -0.345 e. The summed E-state index contributed by atoms with van der Waals surface area (Å²) in [5.74, 6) is 0. The van der Waals surface area contributed by atoms with Crippen LogP contribution in [-0.2, 0) is 9.47 Å². The summed E-state index contributed by atoms with van der Waals surface area (Å²) in [7, 11) is 0. The van der Waals surface area contributed by atoms with Gasteiger partial charge in [-0.1, -0.05) is 30.3 Å². The van der Waals surface area contributed by atoms with Crippen LogP contribution >= 0.6 is 0 Å². The number of benzene rings is 1. The zero-order chi connectivity index (χ0) is 9.71. The number of fused-ring (bicyclic) bond motifs is 4. The Labute approximate surface area is 83.1 Å². The summed E-state index contributed by atoms with van der Waals surface area (Å²) < 4.78 is 11.2. The molecule has 0 aliphatic carbocycles. The second-order valence-electron chi connectivity index (χ2n) is 3.91. The van der Waals surface area contributed by atoms with Crippen LogP contribution in [0.3, 0.4) is 0 Å². The lowest BCUT2D eigenvalue weighted by molar-refractivity contribution is -0.0559. The Balaban J connectivity index is 2.21. The van der Waals surface area contributed by atoms with Gasteiger partial charge in [0.2, 0.25) is 0 Å². The van der Waals surface area contributed by atoms with Gasteiger partial charge in [0.1, 0.15) is 6.10 Å². The minimum absolute atomic E-state index is 0.0642. The molecule has 2 unspecified atom stereocenters. The predicted octanol–water partition coefficient (Wildman–Crippen LogP) is 2.44. The van der Waals surface area contributed by atoms with E-state index < -0.39 is 0 Å². The zero-order valence-corrected chi connectivity index (χ0v) is 8.12. The Morgan fingerprint density at radius 1 is 1.43 bits per heavy atom. The third kappa shape index (κ3) is 0.982. The largest absolute Gasteiger partial charge is 0.345 e. The van der Waals surface area contributed by atoms with E-state index in [2.05, 4.69) is 31.7 Å². The van der Waals surface area contributed by atoms with E-state index in [0.29, 0.717) is 6.61 Å². The quantitative estimate of drug-likeness (QED) is 0.622. The Kier molecular flexibility index (Phi) is 1.58. The standard InChI is InChI=1S/C12H12O2/c1-7-3-4-9-10(5-7)8(2)11-6-13-12(9)14-11/h3-5,11-12H,2,6H2,1H3. The lowest BCUT2D eigenvalue weighted by Crippen LogP contribution is -2.17. The van der Waals surface area contributed by atoms with Gasteiger partial charge < -0.3 is 9.47 Å². The van der Waals surface area contributed by atoms with Crippen molar-refractivity contribution in [2.75, 3.05) is 6.61 Å². The van der Waals surface area contributed by atoms with Crippen molar-refractivity contribution in [3.8, 4) is 0 Å². The molecule has 1 fully saturated rings. The van der Waals surface area contributed by atoms with Crippen LogP contribution in [0.4, 0.5) is 0 Å². The highest BCUT2D eigenvalue weighted by molar-refractivity contribution is 5.72. The number of hydrogen-bond acceptors (Lipinski definition) is 2. The molecule has 0 radical (unpaired) electrons. The van der Waals surface area contributed by atoms with Crippen molar-refractivity contribution in [2.45, 2.75) is 19.3 Å². The molecule has 2 nitrogen and oxygen atoms in total. The highest BCUT2D eigenvalue weighted by Gasteiger charge is 2.36. The highest BCUT2D eigenvalue weighted by atomic mass is 16.7. The van der Waals surface area contributed by atoms with Gasteiger partial charge >= 0.3 is 0 Å². The third-order valence-corrected chi connectivity index (χ3v) is 2.88. The number of hydrogen-bond donors (Lipinski definition) is 0. The SMILES string of the molecule is C=C1c2cc(C)ccc2C2OCC1O2. The van der Waals surface area contributed by atoms with Gasteiger partial charge in [0.05, 0.1) is 6.61 Å². The average Bonchev–Trinajstić information content (AvgIpc) is 2.61. The van der Waals surface area contributed by atoms with Crippen LogP contribution in [0.1, 0.15) is 23.0 Å². The molecule has 0 amide bonds. The summed E-state index contributed by atoms with van der Waals surface area (Å²) in [4.78, 5) is 0. The molecule has 1 aromatic carbocycles. The van der Waals surface area contributed by atoms with E-state index in [-0.39, 0.29) is 12.4 Å². The maximum atomic E-state index is 5.65. The van der Waals surface area contributed by atoms with Crippen molar-refractivity contribution in [1.82, 2.24) is 0 Å². The second kappa shape index (κ2) is 2.69. The van der Waals surface area contributed by atoms with Crippen LogP contribution in [-0.4, -0.2) is 12.7 Å². The van der Waals surface area contributed by atoms with Crippen LogP contribution in [0.15, 0.2) is 24.8 Å². The van der Waals surface area contributed by atoms with E-state index in [9.17, 15) is 0 Å². The van der Waals surface area contributed by atoms with Crippen LogP contribution < -0.4 is 0 Å². The molecular formula is C12H12O2. The Morgan fingerprint density at radius 3 is 3.14 bits per heavy atom. The maximum absolute atomic E-state index is 5.65. The van der Waals surface area contributed by atoms with Gasteiger partial charge in [0.25, 0.3) is 0 Å². The fourth-order valence-electron chi connectivity index (χ4n) is 2.08. The zero-order valence-electron chi connectivity index (χ0n) is 8.12. The first-order valence-corrected chi connectivity index (χ1v) is 4.82. The van der Waals surface area contributed by atoms with Gasteiger partial charge in [-0.15, -0.1) is 0 Å². The molecule has 1 aromatic rings. The Morgan fingerprint density at radius 2 is 2.29 bits per heavy atom. The molecule has 0 N–H and O–H groups in total. The Hall–Kier alpha value is -1.12. The molecule has 2 aliphatic heterocycles. The van der Waals surface area contributed by atoms with E-state index in [1.165, 1.54) is 11.1 Å². The molecule has 2 heteroatoms. The topological polar surface area (TPSA) is 18.5 Å². The van der Waals surface area contributed by atoms with E-state index in [1.807, 2.05) is 0 Å². The van der Waals surface area contributed by atoms with Gasteiger partial charge in [-0.2, -0.15) is 0 Å². The lowest BCUT2D eigenvalue weighted by Gasteiger charge is -2.24. The van der Waals surface area contributed by atoms with Gasteiger partial charge in [0, 0.05) is 5.56 Å². The molecule has 14 heavy (non-hydrogen) atoms. The number of aryl methyl sites for hydroxylation is 1. The summed E-state index contributed by atoms with van der Waals surface area (Å²) in [6.07, 6.45) is -0.101. The first-order valence-electron chi connectivity index (χ1n) is 4.82. The average molecular weight is 188 g/mol. The van der Waals surface area contributed by atoms with E-state index >= 15 is 0 Å². The maximum Gasteiger partial charge on any atom is 0.185 e. The summed E-state index contributed by atoms with van der Waals surface area (Å²) in [6.45, 7) is 6.80. The monoisotopic (exact) mass is 188 g/mol. The molecule has 0 aromatic heterocycles. The molecule has 1 saturated heterocycles. The first-order chi connectivity index (χ1) is 6.75. The number of rotatable bonds is 0. The van der Waals surface area contributed by atoms with Gasteiger partial charge in [-0.05, 0) is 18.1 Å². The molecule has 2 heterocycles. The van der Waals surface area contributed by atoms with Gasteiger partial charge in [-0.3, -0.25) is 0 Å². The lowest BCUT2D eigenvalue weighted by atomic mass is 9.94. The summed E-state index contributed by atoms with van der Waals surface area (Å²) in [5, 5.41) is 0. The van der Waals surface area contributed by atoms with Crippen molar-refractivity contribution < 1.29 is 9.47 Å². The fourth-order valence-corrected chi connectivity index (χ4v) is 2.08. The molecule has 0 spiro atoms. The molecule has 72 valence electrons. The van der Waals surface area contributed by atoms with Crippen molar-refractivity contribution in [1.29, 1.82) is 0 Å². The highest BCUT2D eigenvalue weighted by Crippen LogP contribution is 2.41. The fraction of sp³-hybridized carbons (Fsp3) is 0.333. The van der Waals surface area contributed by atoms with Crippen molar-refractivity contribution in [3.63, 3.8) is 0 Å². The molecular weight excluding hydrogens is 176 g/mol.